The Hall–Kier alpha value is 0.0249. The van der Waals surface area contributed by atoms with Crippen molar-refractivity contribution in [3.63, 3.8) is 0 Å². The summed E-state index contributed by atoms with van der Waals surface area (Å²) in [6.07, 6.45) is 2.22. The van der Waals surface area contributed by atoms with E-state index in [4.69, 9.17) is 8.05 Å². The van der Waals surface area contributed by atoms with Gasteiger partial charge < -0.3 is 4.65 Å². The molecule has 0 heterocycles. The summed E-state index contributed by atoms with van der Waals surface area (Å²) in [7, 11) is 4.71. The van der Waals surface area contributed by atoms with E-state index in [1.54, 1.807) is 0 Å². The lowest BCUT2D eigenvalue weighted by Crippen LogP contribution is -1.85. The Bertz CT molecular complexity index is 19.5. The summed E-state index contributed by atoms with van der Waals surface area (Å²) < 4.78 is 4.28. The van der Waals surface area contributed by atoms with E-state index in [1.807, 2.05) is 0 Å². The summed E-state index contributed by atoms with van der Waals surface area (Å²) in [4.78, 5) is 0. The van der Waals surface area contributed by atoms with E-state index in [-0.39, 0.29) is 0 Å². The molecule has 0 bridgehead atoms. The molecule has 2 radical (unpaired) electrons. The van der Waals surface area contributed by atoms with E-state index in [2.05, 4.69) is 11.6 Å². The van der Waals surface area contributed by atoms with Crippen molar-refractivity contribution in [2.24, 2.45) is 0 Å². The lowest BCUT2D eigenvalue weighted by Gasteiger charge is -1.90. The van der Waals surface area contributed by atoms with Gasteiger partial charge in [-0.05, 0) is 6.42 Å². The summed E-state index contributed by atoms with van der Waals surface area (Å²) in [5, 5.41) is 0. The quantitative estimate of drug-likeness (QED) is 0.364. The van der Waals surface area contributed by atoms with Gasteiger partial charge in [0.2, 0.25) is 0 Å². The monoisotopic (exact) mass is 84.1 g/mol. The fraction of sp³-hybridized carbons (Fsp3) is 1.00. The molecule has 0 fully saturated rings. The highest BCUT2D eigenvalue weighted by molar-refractivity contribution is 5.97. The number of hydrogen-bond donors (Lipinski definition) is 0. The van der Waals surface area contributed by atoms with Crippen molar-refractivity contribution in [1.82, 2.24) is 0 Å². The minimum Gasteiger partial charge on any atom is -0.448 e. The summed E-state index contributed by atoms with van der Waals surface area (Å²) in [5.41, 5.74) is 0. The third-order valence-corrected chi connectivity index (χ3v) is 0.616. The van der Waals surface area contributed by atoms with Crippen molar-refractivity contribution in [3.8, 4) is 0 Å². The molecular weight excluding hydrogens is 74.9 g/mol. The van der Waals surface area contributed by atoms with Crippen LogP contribution in [0.3, 0.4) is 0 Å². The van der Waals surface area contributed by atoms with E-state index < -0.39 is 0 Å². The van der Waals surface area contributed by atoms with Crippen LogP contribution < -0.4 is 0 Å². The average molecular weight is 83.9 g/mol. The van der Waals surface area contributed by atoms with Gasteiger partial charge in [0.25, 0.3) is 8.05 Å². The largest absolute Gasteiger partial charge is 0.448 e. The van der Waals surface area contributed by atoms with Crippen molar-refractivity contribution in [2.75, 3.05) is 6.61 Å². The van der Waals surface area contributed by atoms with Crippen LogP contribution in [-0.2, 0) is 4.65 Å². The minimum absolute atomic E-state index is 0.691. The standard InChI is InChI=1S/C4H9BO/c1-2-3-4-6-5/h2-4H2,1H3. The van der Waals surface area contributed by atoms with Crippen molar-refractivity contribution in [1.29, 1.82) is 0 Å². The summed E-state index contributed by atoms with van der Waals surface area (Å²) >= 11 is 0. The van der Waals surface area contributed by atoms with Gasteiger partial charge in [0, 0.05) is 6.61 Å². The molecule has 0 saturated heterocycles. The first-order chi connectivity index (χ1) is 2.91. The second-order valence-electron chi connectivity index (χ2n) is 1.22. The SMILES string of the molecule is [B]OCCCC. The molecule has 0 rings (SSSR count). The Balaban J connectivity index is 2.34. The molecule has 0 saturated carbocycles. The second kappa shape index (κ2) is 5.02. The Morgan fingerprint density at radius 3 is 2.50 bits per heavy atom. The van der Waals surface area contributed by atoms with E-state index in [1.165, 1.54) is 0 Å². The highest BCUT2D eigenvalue weighted by Crippen LogP contribution is 1.82. The zero-order chi connectivity index (χ0) is 4.83. The van der Waals surface area contributed by atoms with E-state index in [0.29, 0.717) is 6.61 Å². The van der Waals surface area contributed by atoms with Gasteiger partial charge in [-0.25, -0.2) is 0 Å². The predicted molar refractivity (Wildman–Crippen MR) is 26.6 cm³/mol. The topological polar surface area (TPSA) is 9.23 Å². The summed E-state index contributed by atoms with van der Waals surface area (Å²) in [6, 6.07) is 0. The fourth-order valence-electron chi connectivity index (χ4n) is 0.228. The van der Waals surface area contributed by atoms with Gasteiger partial charge in [-0.15, -0.1) is 0 Å². The molecule has 0 aromatic carbocycles. The zero-order valence-corrected chi connectivity index (χ0v) is 4.11. The molecule has 1 nitrogen and oxygen atoms in total. The zero-order valence-electron chi connectivity index (χ0n) is 4.11. The van der Waals surface area contributed by atoms with E-state index in [9.17, 15) is 0 Å². The van der Waals surface area contributed by atoms with Crippen LogP contribution in [0.25, 0.3) is 0 Å². The van der Waals surface area contributed by atoms with Crippen LogP contribution in [0.4, 0.5) is 0 Å². The molecule has 0 aliphatic carbocycles. The van der Waals surface area contributed by atoms with Gasteiger partial charge in [-0.1, -0.05) is 13.3 Å². The Morgan fingerprint density at radius 1 is 1.67 bits per heavy atom. The van der Waals surface area contributed by atoms with Crippen molar-refractivity contribution in [2.45, 2.75) is 19.8 Å². The van der Waals surface area contributed by atoms with Crippen LogP contribution in [0, 0.1) is 0 Å². The second-order valence-corrected chi connectivity index (χ2v) is 1.22. The lowest BCUT2D eigenvalue weighted by molar-refractivity contribution is 0.339. The fourth-order valence-corrected chi connectivity index (χ4v) is 0.228. The molecule has 0 aliphatic rings. The van der Waals surface area contributed by atoms with Gasteiger partial charge in [0.05, 0.1) is 0 Å². The minimum atomic E-state index is 0.691. The number of rotatable bonds is 3. The number of hydrogen-bond acceptors (Lipinski definition) is 1. The molecule has 2 heteroatoms. The van der Waals surface area contributed by atoms with Crippen LogP contribution in [0.5, 0.6) is 0 Å². The van der Waals surface area contributed by atoms with Gasteiger partial charge in [-0.3, -0.25) is 0 Å². The lowest BCUT2D eigenvalue weighted by atomic mass is 10.3. The number of unbranched alkanes of at least 4 members (excludes halogenated alkanes) is 1. The van der Waals surface area contributed by atoms with Gasteiger partial charge in [-0.2, -0.15) is 0 Å². The highest BCUT2D eigenvalue weighted by atomic mass is 16.4. The maximum absolute atomic E-state index is 4.71. The molecule has 0 atom stereocenters. The molecule has 0 aliphatic heterocycles. The average Bonchev–Trinajstić information content (AvgIpc) is 1.61. The van der Waals surface area contributed by atoms with E-state index >= 15 is 0 Å². The van der Waals surface area contributed by atoms with Crippen LogP contribution in [-0.4, -0.2) is 14.7 Å². The molecule has 0 spiro atoms. The van der Waals surface area contributed by atoms with Crippen molar-refractivity contribution in [3.05, 3.63) is 0 Å². The maximum atomic E-state index is 4.71. The highest BCUT2D eigenvalue weighted by Gasteiger charge is 1.74. The first-order valence-electron chi connectivity index (χ1n) is 2.23. The smallest absolute Gasteiger partial charge is 0.282 e. The first kappa shape index (κ1) is 6.02. The molecular formula is C4H9BO. The maximum Gasteiger partial charge on any atom is 0.282 e. The Kier molecular flexibility index (Phi) is 5.05. The van der Waals surface area contributed by atoms with Gasteiger partial charge in [0.1, 0.15) is 0 Å². The molecule has 0 unspecified atom stereocenters. The normalized spacial score (nSPS) is 8.83. The molecule has 0 aromatic rings. The van der Waals surface area contributed by atoms with Crippen molar-refractivity contribution >= 4 is 8.05 Å². The molecule has 0 N–H and O–H groups in total. The van der Waals surface area contributed by atoms with Crippen LogP contribution in [0.1, 0.15) is 19.8 Å². The Morgan fingerprint density at radius 2 is 2.33 bits per heavy atom. The van der Waals surface area contributed by atoms with Gasteiger partial charge in [0.15, 0.2) is 0 Å². The van der Waals surface area contributed by atoms with Crippen LogP contribution in [0.15, 0.2) is 0 Å². The molecule has 0 aromatic heterocycles. The first-order valence-corrected chi connectivity index (χ1v) is 2.23. The van der Waals surface area contributed by atoms with Gasteiger partial charge >= 0.3 is 0 Å². The third-order valence-electron chi connectivity index (χ3n) is 0.616. The predicted octanol–water partition coefficient (Wildman–Crippen LogP) is 0.887. The Labute approximate surface area is 40.1 Å². The van der Waals surface area contributed by atoms with Crippen LogP contribution >= 0.6 is 0 Å². The van der Waals surface area contributed by atoms with Crippen molar-refractivity contribution < 1.29 is 4.65 Å². The van der Waals surface area contributed by atoms with Crippen LogP contribution in [0.2, 0.25) is 0 Å². The molecule has 6 heavy (non-hydrogen) atoms. The molecule has 34 valence electrons. The van der Waals surface area contributed by atoms with E-state index in [0.717, 1.165) is 12.8 Å². The molecule has 0 amide bonds. The summed E-state index contributed by atoms with van der Waals surface area (Å²) in [6.45, 7) is 2.79. The summed E-state index contributed by atoms with van der Waals surface area (Å²) in [5.74, 6) is 0. The third kappa shape index (κ3) is 4.02.